The van der Waals surface area contributed by atoms with Crippen LogP contribution in [0.3, 0.4) is 0 Å². The molecule has 0 aromatic heterocycles. The predicted molar refractivity (Wildman–Crippen MR) is 155 cm³/mol. The second kappa shape index (κ2) is 15.1. The third-order valence-electron chi connectivity index (χ3n) is 10.1. The highest BCUT2D eigenvalue weighted by Crippen LogP contribution is 2.38. The molecule has 0 saturated carbocycles. The van der Waals surface area contributed by atoms with Crippen molar-refractivity contribution in [3.05, 3.63) is 6.92 Å². The van der Waals surface area contributed by atoms with Crippen molar-refractivity contribution in [3.63, 3.8) is 0 Å². The summed E-state index contributed by atoms with van der Waals surface area (Å²) in [6.07, 6.45) is -14.5. The second-order valence-corrected chi connectivity index (χ2v) is 13.2. The van der Waals surface area contributed by atoms with E-state index >= 15 is 0 Å². The number of ether oxygens (including phenoxy) is 7. The molecule has 4 aliphatic heterocycles. The molecule has 13 heteroatoms. The Balaban J connectivity index is 1.47. The Labute approximate surface area is 260 Å². The summed E-state index contributed by atoms with van der Waals surface area (Å²) >= 11 is 0. The average molecular weight is 636 g/mol. The Hall–Kier alpha value is -0.650. The molecule has 0 aromatic carbocycles. The molecule has 6 N–H and O–H groups in total. The first-order valence-electron chi connectivity index (χ1n) is 16.2. The molecule has 20 atom stereocenters. The van der Waals surface area contributed by atoms with Crippen LogP contribution in [-0.4, -0.2) is 135 Å². The van der Waals surface area contributed by atoms with Crippen molar-refractivity contribution in [1.82, 2.24) is 0 Å². The molecular weight excluding hydrogens is 580 g/mol. The maximum absolute atomic E-state index is 11.4. The smallest absolute Gasteiger partial charge is 0.204 e. The van der Waals surface area contributed by atoms with Crippen LogP contribution in [0.4, 0.5) is 0 Å². The Morgan fingerprint density at radius 1 is 0.523 bits per heavy atom. The molecule has 13 nitrogen and oxygen atoms in total. The fourth-order valence-corrected chi connectivity index (χ4v) is 6.62. The van der Waals surface area contributed by atoms with Crippen LogP contribution in [0.2, 0.25) is 0 Å². The molecule has 0 bridgehead atoms. The average Bonchev–Trinajstić information content (AvgIpc) is 3.20. The van der Waals surface area contributed by atoms with Gasteiger partial charge in [-0.05, 0) is 33.6 Å². The fourth-order valence-electron chi connectivity index (χ4n) is 6.62. The Bertz CT molecular complexity index is 895. The molecule has 20 unspecified atom stereocenters. The topological polar surface area (TPSA) is 186 Å². The van der Waals surface area contributed by atoms with E-state index in [1.54, 1.807) is 13.8 Å². The summed E-state index contributed by atoms with van der Waals surface area (Å²) in [4.78, 5) is 0. The molecule has 44 heavy (non-hydrogen) atoms. The highest BCUT2D eigenvalue weighted by Gasteiger charge is 2.54. The van der Waals surface area contributed by atoms with Crippen LogP contribution in [0.5, 0.6) is 0 Å². The van der Waals surface area contributed by atoms with E-state index in [0.717, 1.165) is 0 Å². The van der Waals surface area contributed by atoms with E-state index in [0.29, 0.717) is 19.3 Å². The van der Waals surface area contributed by atoms with Gasteiger partial charge in [-0.3, -0.25) is 0 Å². The van der Waals surface area contributed by atoms with Gasteiger partial charge in [0.15, 0.2) is 18.5 Å². The predicted octanol–water partition coefficient (Wildman–Crippen LogP) is 0.242. The summed E-state index contributed by atoms with van der Waals surface area (Å²) in [5.41, 5.74) is 0. The van der Waals surface area contributed by atoms with Crippen LogP contribution in [0.1, 0.15) is 67.7 Å². The van der Waals surface area contributed by atoms with Gasteiger partial charge in [-0.25, -0.2) is 0 Å². The van der Waals surface area contributed by atoms with Crippen LogP contribution in [-0.2, 0) is 33.2 Å². The Morgan fingerprint density at radius 3 is 1.59 bits per heavy atom. The largest absolute Gasteiger partial charge is 0.390 e. The van der Waals surface area contributed by atoms with E-state index in [4.69, 9.17) is 33.2 Å². The van der Waals surface area contributed by atoms with Gasteiger partial charge < -0.3 is 63.8 Å². The molecule has 4 rings (SSSR count). The van der Waals surface area contributed by atoms with Crippen LogP contribution in [0, 0.1) is 24.7 Å². The van der Waals surface area contributed by atoms with Gasteiger partial charge in [0, 0.05) is 11.8 Å². The minimum absolute atomic E-state index is 0.175. The van der Waals surface area contributed by atoms with Gasteiger partial charge in [0.1, 0.15) is 42.7 Å². The summed E-state index contributed by atoms with van der Waals surface area (Å²) in [6.45, 7) is 16.9. The van der Waals surface area contributed by atoms with Crippen LogP contribution in [0.25, 0.3) is 0 Å². The van der Waals surface area contributed by atoms with E-state index in [2.05, 4.69) is 6.92 Å². The molecule has 0 spiro atoms. The highest BCUT2D eigenvalue weighted by molar-refractivity contribution is 4.97. The molecule has 0 radical (unpaired) electrons. The molecule has 0 aliphatic carbocycles. The first kappa shape index (κ1) is 36.2. The molecule has 256 valence electrons. The maximum Gasteiger partial charge on any atom is 0.204 e. The third kappa shape index (κ3) is 7.25. The van der Waals surface area contributed by atoms with Crippen molar-refractivity contribution in [3.8, 4) is 0 Å². The maximum atomic E-state index is 11.4. The monoisotopic (exact) mass is 635 g/mol. The Kier molecular flexibility index (Phi) is 12.4. The first-order chi connectivity index (χ1) is 20.7. The normalized spacial score (nSPS) is 53.8. The molecule has 4 aliphatic rings. The summed E-state index contributed by atoms with van der Waals surface area (Å²) in [5.74, 6) is -1.56. The lowest BCUT2D eigenvalue weighted by Crippen LogP contribution is -2.59. The summed E-state index contributed by atoms with van der Waals surface area (Å²) in [5, 5.41) is 65.5. The lowest BCUT2D eigenvalue weighted by atomic mass is 9.87. The molecule has 0 amide bonds. The van der Waals surface area contributed by atoms with Gasteiger partial charge in [0.05, 0.1) is 49.7 Å². The Morgan fingerprint density at radius 2 is 1.05 bits per heavy atom. The zero-order chi connectivity index (χ0) is 32.6. The van der Waals surface area contributed by atoms with Crippen LogP contribution >= 0.6 is 0 Å². The molecule has 4 heterocycles. The lowest BCUT2D eigenvalue weighted by molar-refractivity contribution is -0.326. The molecule has 4 fully saturated rings. The molecular formula is C31H55O13+. The fraction of sp³-hybridized carbons (Fsp3) is 0.968. The van der Waals surface area contributed by atoms with Crippen molar-refractivity contribution < 1.29 is 63.8 Å². The van der Waals surface area contributed by atoms with E-state index in [9.17, 15) is 30.6 Å². The van der Waals surface area contributed by atoms with Crippen molar-refractivity contribution in [1.29, 1.82) is 0 Å². The van der Waals surface area contributed by atoms with Crippen molar-refractivity contribution in [2.24, 2.45) is 17.8 Å². The van der Waals surface area contributed by atoms with Gasteiger partial charge >= 0.3 is 0 Å². The summed E-state index contributed by atoms with van der Waals surface area (Å²) in [6, 6.07) is 0. The summed E-state index contributed by atoms with van der Waals surface area (Å²) < 4.78 is 42.4. The third-order valence-corrected chi connectivity index (χ3v) is 10.1. The van der Waals surface area contributed by atoms with Crippen LogP contribution < -0.4 is 0 Å². The minimum Gasteiger partial charge on any atom is -0.390 e. The number of aliphatic hydroxyl groups excluding tert-OH is 6. The zero-order valence-corrected chi connectivity index (χ0v) is 26.9. The number of hydrogen-bond donors (Lipinski definition) is 6. The highest BCUT2D eigenvalue weighted by atomic mass is 16.7. The van der Waals surface area contributed by atoms with E-state index in [1.165, 1.54) is 0 Å². The van der Waals surface area contributed by atoms with E-state index in [-0.39, 0.29) is 12.0 Å². The quantitative estimate of drug-likeness (QED) is 0.190. The van der Waals surface area contributed by atoms with Crippen molar-refractivity contribution in [2.75, 3.05) is 0 Å². The van der Waals surface area contributed by atoms with Crippen LogP contribution in [0.15, 0.2) is 0 Å². The van der Waals surface area contributed by atoms with Gasteiger partial charge in [-0.15, -0.1) is 0 Å². The van der Waals surface area contributed by atoms with Gasteiger partial charge in [-0.2, -0.15) is 0 Å². The molecule has 4 saturated heterocycles. The summed E-state index contributed by atoms with van der Waals surface area (Å²) in [7, 11) is 0. The van der Waals surface area contributed by atoms with Gasteiger partial charge in [0.25, 0.3) is 0 Å². The standard InChI is InChI=1S/C31H55O13/c1-9-11-19-28(44-30-24(36)22(34)17(8)40-30)21(33)14(5)29(41-19)42-26-13(4)16(7)39-31(25(37)23(26)35)43-27-18(10-2)38-15(6)12(3)20(27)32/h12-37H,5,9-11H2,1-4,6-8H3/q+1. The number of aliphatic hydroxyl groups is 6. The number of rotatable bonds is 9. The van der Waals surface area contributed by atoms with E-state index < -0.39 is 110 Å². The zero-order valence-electron chi connectivity index (χ0n) is 26.9. The molecule has 0 aromatic rings. The van der Waals surface area contributed by atoms with Gasteiger partial charge in [0.2, 0.25) is 6.29 Å². The van der Waals surface area contributed by atoms with Crippen molar-refractivity contribution >= 4 is 0 Å². The number of hydrogen-bond acceptors (Lipinski definition) is 13. The first-order valence-corrected chi connectivity index (χ1v) is 16.2. The van der Waals surface area contributed by atoms with Gasteiger partial charge in [-0.1, -0.05) is 34.1 Å². The SMILES string of the molecule is [CH2+]C1C(OC2C(C)C(C)OC(OC3C(CC)OC(C)C(C)C3O)C(O)C2O)OC(CCC)C(OC2OC(C)C(O)C2O)C1O. The van der Waals surface area contributed by atoms with Crippen molar-refractivity contribution in [2.45, 2.75) is 172 Å². The van der Waals surface area contributed by atoms with E-state index in [1.807, 2.05) is 34.6 Å². The lowest BCUT2D eigenvalue weighted by Gasteiger charge is -2.44. The second-order valence-electron chi connectivity index (χ2n) is 13.2. The minimum atomic E-state index is -1.54.